The van der Waals surface area contributed by atoms with Gasteiger partial charge in [0.05, 0.1) is 15.2 Å². The van der Waals surface area contributed by atoms with Gasteiger partial charge in [0.25, 0.3) is 11.8 Å². The van der Waals surface area contributed by atoms with Crippen LogP contribution in [0.25, 0.3) is 21.3 Å². The molecule has 1 saturated heterocycles. The van der Waals surface area contributed by atoms with Crippen LogP contribution in [0.4, 0.5) is 35.1 Å². The number of piperidine rings is 1. The summed E-state index contributed by atoms with van der Waals surface area (Å²) in [6.45, 7) is 2.85. The van der Waals surface area contributed by atoms with Gasteiger partial charge in [-0.15, -0.1) is 24.5 Å². The van der Waals surface area contributed by atoms with Crippen molar-refractivity contribution in [3.8, 4) is 27.0 Å². The van der Waals surface area contributed by atoms with Crippen molar-refractivity contribution in [2.45, 2.75) is 75.9 Å². The third-order valence-electron chi connectivity index (χ3n) is 7.28. The molecule has 270 valence electrons. The molecule has 2 N–H and O–H groups in total. The molecule has 22 heteroatoms. The summed E-state index contributed by atoms with van der Waals surface area (Å²) in [5.74, 6) is -7.05. The number of rotatable bonds is 11. The fourth-order valence-corrected chi connectivity index (χ4v) is 6.83. The number of carbonyl (C=O) groups is 2. The lowest BCUT2D eigenvalue weighted by Crippen LogP contribution is -2.44. The summed E-state index contributed by atoms with van der Waals surface area (Å²) >= 11 is 0.497. The smallest absolute Gasteiger partial charge is 0.481 e. The SMILES string of the molecule is CC[C@H](NS(=O)(=O)c1ccc(-c2sc(-c3noc(CC(C)(C)C(=O)O)n3)nc2C(=O)N2CCC(F)(F)CC2)c(OC(F)(F)F)c1)C(F)(F)F. The van der Waals surface area contributed by atoms with Crippen LogP contribution in [0.15, 0.2) is 27.6 Å². The average Bonchev–Trinajstić information content (AvgIpc) is 3.61. The standard InChI is InChI=1S/C27H27F8N5O7S2/c1-4-16(26(30,31)32)39-49(44,45)13-5-6-14(15(11-13)46-27(33,34)35)19-18(22(41)40-9-7-25(28,29)8-10-40)37-21(48-19)20-36-17(47-38-20)12-24(2,3)23(42)43/h5-6,11,16,39H,4,7-10,12H2,1-3H3,(H,42,43)/t16-/m0/s1. The zero-order valence-corrected chi connectivity index (χ0v) is 27.2. The Labute approximate surface area is 276 Å². The van der Waals surface area contributed by atoms with Crippen LogP contribution in [0.2, 0.25) is 0 Å². The molecule has 3 aromatic rings. The lowest BCUT2D eigenvalue weighted by molar-refractivity contribution is -0.274. The molecule has 4 rings (SSSR count). The molecule has 1 atom stereocenters. The summed E-state index contributed by atoms with van der Waals surface area (Å²) in [4.78, 5) is 32.9. The Morgan fingerprint density at radius 2 is 1.76 bits per heavy atom. The van der Waals surface area contributed by atoms with E-state index in [9.17, 15) is 58.2 Å². The zero-order chi connectivity index (χ0) is 36.7. The molecule has 1 aliphatic rings. The summed E-state index contributed by atoms with van der Waals surface area (Å²) in [6.07, 6.45) is -13.0. The largest absolute Gasteiger partial charge is 0.573 e. The number of carbonyl (C=O) groups excluding carboxylic acids is 1. The number of hydrogen-bond acceptors (Lipinski definition) is 10. The number of alkyl halides is 8. The maximum atomic E-state index is 13.8. The second-order valence-electron chi connectivity index (χ2n) is 11.6. The van der Waals surface area contributed by atoms with Gasteiger partial charge in [-0.25, -0.2) is 22.2 Å². The molecule has 0 spiro atoms. The van der Waals surface area contributed by atoms with Gasteiger partial charge in [0.1, 0.15) is 17.5 Å². The normalized spacial score (nSPS) is 16.4. The number of nitrogens with one attached hydrogen (secondary N) is 1. The molecular weight excluding hydrogens is 722 g/mol. The first-order valence-electron chi connectivity index (χ1n) is 14.2. The highest BCUT2D eigenvalue weighted by atomic mass is 32.2. The molecule has 0 aliphatic carbocycles. The predicted octanol–water partition coefficient (Wildman–Crippen LogP) is 5.90. The van der Waals surface area contributed by atoms with Gasteiger partial charge in [0, 0.05) is 44.0 Å². The highest BCUT2D eigenvalue weighted by Crippen LogP contribution is 2.43. The van der Waals surface area contributed by atoms with Crippen molar-refractivity contribution in [2.24, 2.45) is 5.41 Å². The number of hydrogen-bond donors (Lipinski definition) is 2. The summed E-state index contributed by atoms with van der Waals surface area (Å²) in [5.41, 5.74) is -2.55. The lowest BCUT2D eigenvalue weighted by Gasteiger charge is -2.31. The van der Waals surface area contributed by atoms with Gasteiger partial charge in [-0.2, -0.15) is 22.9 Å². The molecular formula is C27H27F8N5O7S2. The number of carboxylic acid groups (broad SMARTS) is 1. The fourth-order valence-electron chi connectivity index (χ4n) is 4.50. The van der Waals surface area contributed by atoms with Gasteiger partial charge in [-0.1, -0.05) is 12.1 Å². The van der Waals surface area contributed by atoms with E-state index in [0.717, 1.165) is 17.9 Å². The Kier molecular flexibility index (Phi) is 10.4. The van der Waals surface area contributed by atoms with Gasteiger partial charge in [0.15, 0.2) is 5.01 Å². The van der Waals surface area contributed by atoms with Crippen molar-refractivity contribution in [1.29, 1.82) is 0 Å². The van der Waals surface area contributed by atoms with Crippen LogP contribution in [0, 0.1) is 5.41 Å². The number of benzene rings is 1. The Morgan fingerprint density at radius 1 is 1.12 bits per heavy atom. The van der Waals surface area contributed by atoms with Crippen molar-refractivity contribution < 1.29 is 67.5 Å². The van der Waals surface area contributed by atoms with E-state index >= 15 is 0 Å². The van der Waals surface area contributed by atoms with E-state index in [1.807, 2.05) is 0 Å². The highest BCUT2D eigenvalue weighted by Gasteiger charge is 2.42. The molecule has 0 radical (unpaired) electrons. The second-order valence-corrected chi connectivity index (χ2v) is 14.3. The third-order valence-corrected chi connectivity index (χ3v) is 9.83. The first kappa shape index (κ1) is 37.9. The molecule has 1 aromatic carbocycles. The molecule has 1 aliphatic heterocycles. The Balaban J connectivity index is 1.85. The number of likely N-dealkylation sites (tertiary alicyclic amines) is 1. The van der Waals surface area contributed by atoms with Crippen molar-refractivity contribution in [3.63, 3.8) is 0 Å². The summed E-state index contributed by atoms with van der Waals surface area (Å²) in [6, 6.07) is -0.835. The van der Waals surface area contributed by atoms with Crippen molar-refractivity contribution in [2.75, 3.05) is 13.1 Å². The van der Waals surface area contributed by atoms with E-state index < -0.39 is 111 Å². The Bertz CT molecular complexity index is 1810. The molecule has 0 unspecified atom stereocenters. The maximum absolute atomic E-state index is 13.8. The highest BCUT2D eigenvalue weighted by molar-refractivity contribution is 7.89. The molecule has 49 heavy (non-hydrogen) atoms. The quantitative estimate of drug-likeness (QED) is 0.226. The van der Waals surface area contributed by atoms with Crippen LogP contribution in [-0.2, 0) is 21.2 Å². The van der Waals surface area contributed by atoms with E-state index in [2.05, 4.69) is 19.9 Å². The van der Waals surface area contributed by atoms with E-state index in [-0.39, 0.29) is 23.1 Å². The van der Waals surface area contributed by atoms with Crippen molar-refractivity contribution in [1.82, 2.24) is 24.7 Å². The van der Waals surface area contributed by atoms with Gasteiger partial charge in [-0.3, -0.25) is 9.59 Å². The third kappa shape index (κ3) is 9.01. The first-order valence-corrected chi connectivity index (χ1v) is 16.5. The van der Waals surface area contributed by atoms with E-state index in [4.69, 9.17) is 4.52 Å². The second kappa shape index (κ2) is 13.4. The molecule has 0 saturated carbocycles. The summed E-state index contributed by atoms with van der Waals surface area (Å²) in [5, 5.41) is 12.9. The van der Waals surface area contributed by atoms with Crippen LogP contribution in [-0.4, -0.2) is 83.0 Å². The molecule has 1 fully saturated rings. The number of halogens is 8. The maximum Gasteiger partial charge on any atom is 0.573 e. The Hall–Kier alpha value is -3.92. The van der Waals surface area contributed by atoms with E-state index in [1.165, 1.54) is 18.6 Å². The number of sulfonamides is 1. The van der Waals surface area contributed by atoms with Crippen LogP contribution >= 0.6 is 11.3 Å². The Morgan fingerprint density at radius 3 is 2.31 bits per heavy atom. The molecule has 2 aromatic heterocycles. The van der Waals surface area contributed by atoms with Crippen molar-refractivity contribution >= 4 is 33.2 Å². The summed E-state index contributed by atoms with van der Waals surface area (Å²) < 4.78 is 145. The number of thiazole rings is 1. The average molecular weight is 750 g/mol. The molecule has 12 nitrogen and oxygen atoms in total. The zero-order valence-electron chi connectivity index (χ0n) is 25.6. The first-order chi connectivity index (χ1) is 22.4. The number of ether oxygens (including phenoxy) is 1. The van der Waals surface area contributed by atoms with Gasteiger partial charge < -0.3 is 19.3 Å². The monoisotopic (exact) mass is 749 g/mol. The predicted molar refractivity (Wildman–Crippen MR) is 153 cm³/mol. The molecule has 0 bridgehead atoms. The minimum atomic E-state index is -5.47. The number of aromatic nitrogens is 3. The minimum absolute atomic E-state index is 0.183. The summed E-state index contributed by atoms with van der Waals surface area (Å²) in [7, 11) is -5.09. The number of amides is 1. The number of carboxylic acids is 1. The van der Waals surface area contributed by atoms with E-state index in [1.54, 1.807) is 0 Å². The van der Waals surface area contributed by atoms with Gasteiger partial charge in [0.2, 0.25) is 21.7 Å². The van der Waals surface area contributed by atoms with Crippen LogP contribution in [0.3, 0.4) is 0 Å². The van der Waals surface area contributed by atoms with Crippen LogP contribution < -0.4 is 9.46 Å². The fraction of sp³-hybridized carbons (Fsp3) is 0.519. The van der Waals surface area contributed by atoms with Crippen molar-refractivity contribution in [3.05, 3.63) is 29.8 Å². The number of nitrogens with zero attached hydrogens (tertiary/aromatic N) is 4. The molecule has 1 amide bonds. The van der Waals surface area contributed by atoms with E-state index in [0.29, 0.717) is 23.5 Å². The number of aliphatic carboxylic acids is 1. The van der Waals surface area contributed by atoms with Gasteiger partial charge >= 0.3 is 18.5 Å². The van der Waals surface area contributed by atoms with Gasteiger partial charge in [-0.05, 0) is 32.4 Å². The lowest BCUT2D eigenvalue weighted by atomic mass is 9.90. The minimum Gasteiger partial charge on any atom is -0.481 e. The van der Waals surface area contributed by atoms with Crippen LogP contribution in [0.1, 0.15) is 56.4 Å². The topological polar surface area (TPSA) is 165 Å². The van der Waals surface area contributed by atoms with Crippen LogP contribution in [0.5, 0.6) is 5.75 Å². The molecule has 3 heterocycles.